The Kier molecular flexibility index (Phi) is 7.44. The Labute approximate surface area is 160 Å². The molecule has 0 spiro atoms. The molecule has 0 radical (unpaired) electrons. The lowest BCUT2D eigenvalue weighted by Crippen LogP contribution is -2.42. The molecule has 8 heteroatoms. The number of halogens is 2. The molecular weight excluding hydrogens is 377 g/mol. The Morgan fingerprint density at radius 3 is 2.23 bits per heavy atom. The lowest BCUT2D eigenvalue weighted by atomic mass is 10.2. The van der Waals surface area contributed by atoms with Crippen molar-refractivity contribution in [3.05, 3.63) is 69.7 Å². The van der Waals surface area contributed by atoms with E-state index >= 15 is 0 Å². The van der Waals surface area contributed by atoms with E-state index in [-0.39, 0.29) is 29.3 Å². The first-order valence-corrected chi connectivity index (χ1v) is 8.56. The van der Waals surface area contributed by atoms with Gasteiger partial charge in [-0.25, -0.2) is 0 Å². The molecule has 0 heterocycles. The minimum atomic E-state index is -0.575. The van der Waals surface area contributed by atoms with Crippen molar-refractivity contribution in [1.29, 1.82) is 0 Å². The van der Waals surface area contributed by atoms with Crippen LogP contribution in [-0.4, -0.2) is 17.7 Å². The maximum Gasteiger partial charge on any atom is 0.271 e. The van der Waals surface area contributed by atoms with Gasteiger partial charge in [0.05, 0.1) is 10.6 Å². The fourth-order valence-corrected chi connectivity index (χ4v) is 2.54. The summed E-state index contributed by atoms with van der Waals surface area (Å²) in [4.78, 5) is 35.4. The average Bonchev–Trinajstić information content (AvgIpc) is 2.63. The molecular formula is C18H17Cl2N3O3. The van der Waals surface area contributed by atoms with Crippen LogP contribution in [-0.2, 0) is 16.1 Å². The first kappa shape index (κ1) is 19.8. The van der Waals surface area contributed by atoms with Crippen LogP contribution in [0.15, 0.2) is 48.5 Å². The number of carbonyl (C=O) groups excluding carboxylic acids is 3. The van der Waals surface area contributed by atoms with Crippen LogP contribution in [0.2, 0.25) is 10.0 Å². The molecule has 26 heavy (non-hydrogen) atoms. The highest BCUT2D eigenvalue weighted by molar-refractivity contribution is 6.36. The van der Waals surface area contributed by atoms with E-state index in [1.807, 2.05) is 30.3 Å². The first-order chi connectivity index (χ1) is 12.5. The zero-order valence-corrected chi connectivity index (χ0v) is 15.2. The highest BCUT2D eigenvalue weighted by atomic mass is 35.5. The van der Waals surface area contributed by atoms with E-state index in [0.29, 0.717) is 11.6 Å². The third-order valence-corrected chi connectivity index (χ3v) is 3.95. The van der Waals surface area contributed by atoms with Gasteiger partial charge in [-0.15, -0.1) is 0 Å². The maximum absolute atomic E-state index is 11.9. The van der Waals surface area contributed by atoms with Crippen molar-refractivity contribution in [2.45, 2.75) is 19.4 Å². The molecule has 0 saturated carbocycles. The summed E-state index contributed by atoms with van der Waals surface area (Å²) in [6.45, 7) is 0.396. The van der Waals surface area contributed by atoms with Gasteiger partial charge in [-0.05, 0) is 23.8 Å². The summed E-state index contributed by atoms with van der Waals surface area (Å²) in [5.41, 5.74) is 5.63. The number of rotatable bonds is 6. The summed E-state index contributed by atoms with van der Waals surface area (Å²) in [7, 11) is 0. The zero-order chi connectivity index (χ0) is 18.9. The van der Waals surface area contributed by atoms with Gasteiger partial charge < -0.3 is 5.32 Å². The summed E-state index contributed by atoms with van der Waals surface area (Å²) in [6, 6.07) is 13.8. The Morgan fingerprint density at radius 2 is 1.54 bits per heavy atom. The van der Waals surface area contributed by atoms with Gasteiger partial charge in [0.25, 0.3) is 5.91 Å². The SMILES string of the molecule is O=C(CCC(=O)NNC(=O)c1ccc(Cl)cc1Cl)NCc1ccccc1. The topological polar surface area (TPSA) is 87.3 Å². The summed E-state index contributed by atoms with van der Waals surface area (Å²) in [5.74, 6) is -1.32. The molecule has 0 aromatic heterocycles. The van der Waals surface area contributed by atoms with Crippen molar-refractivity contribution in [3.63, 3.8) is 0 Å². The quantitative estimate of drug-likeness (QED) is 0.659. The lowest BCUT2D eigenvalue weighted by molar-refractivity contribution is -0.126. The number of benzene rings is 2. The van der Waals surface area contributed by atoms with Crippen LogP contribution in [0.25, 0.3) is 0 Å². The summed E-state index contributed by atoms with van der Waals surface area (Å²) in [5, 5.41) is 3.29. The molecule has 0 atom stereocenters. The van der Waals surface area contributed by atoms with Crippen molar-refractivity contribution in [3.8, 4) is 0 Å². The Bertz CT molecular complexity index is 798. The average molecular weight is 394 g/mol. The second-order valence-electron chi connectivity index (χ2n) is 5.39. The van der Waals surface area contributed by atoms with Crippen molar-refractivity contribution in [2.75, 3.05) is 0 Å². The molecule has 0 aliphatic carbocycles. The van der Waals surface area contributed by atoms with E-state index in [4.69, 9.17) is 23.2 Å². The minimum Gasteiger partial charge on any atom is -0.352 e. The normalized spacial score (nSPS) is 10.1. The van der Waals surface area contributed by atoms with E-state index in [2.05, 4.69) is 16.2 Å². The molecule has 0 bridgehead atoms. The van der Waals surface area contributed by atoms with E-state index < -0.39 is 11.8 Å². The summed E-state index contributed by atoms with van der Waals surface area (Å²) in [6.07, 6.45) is -0.0501. The van der Waals surface area contributed by atoms with Crippen LogP contribution >= 0.6 is 23.2 Å². The van der Waals surface area contributed by atoms with Gasteiger partial charge in [-0.2, -0.15) is 0 Å². The van der Waals surface area contributed by atoms with Crippen LogP contribution < -0.4 is 16.2 Å². The number of hydrogen-bond donors (Lipinski definition) is 3. The number of amides is 3. The van der Waals surface area contributed by atoms with Crippen LogP contribution in [0.5, 0.6) is 0 Å². The number of hydrazine groups is 1. The predicted octanol–water partition coefficient (Wildman–Crippen LogP) is 2.85. The van der Waals surface area contributed by atoms with Gasteiger partial charge in [-0.1, -0.05) is 53.5 Å². The lowest BCUT2D eigenvalue weighted by Gasteiger charge is -2.09. The minimum absolute atomic E-state index is 0.0102. The fourth-order valence-electron chi connectivity index (χ4n) is 2.04. The maximum atomic E-state index is 11.9. The van der Waals surface area contributed by atoms with Crippen LogP contribution in [0, 0.1) is 0 Å². The van der Waals surface area contributed by atoms with E-state index in [0.717, 1.165) is 5.56 Å². The van der Waals surface area contributed by atoms with E-state index in [1.54, 1.807) is 0 Å². The largest absolute Gasteiger partial charge is 0.352 e. The standard InChI is InChI=1S/C18H17Cl2N3O3/c19-13-6-7-14(15(20)10-13)18(26)23-22-17(25)9-8-16(24)21-11-12-4-2-1-3-5-12/h1-7,10H,8-9,11H2,(H,21,24)(H,22,25)(H,23,26). The van der Waals surface area contributed by atoms with E-state index in [1.165, 1.54) is 18.2 Å². The van der Waals surface area contributed by atoms with Gasteiger partial charge in [0.15, 0.2) is 0 Å². The van der Waals surface area contributed by atoms with Gasteiger partial charge in [-0.3, -0.25) is 25.2 Å². The van der Waals surface area contributed by atoms with Crippen molar-refractivity contribution >= 4 is 40.9 Å². The second kappa shape index (κ2) is 9.79. The summed E-state index contributed by atoms with van der Waals surface area (Å²) < 4.78 is 0. The summed E-state index contributed by atoms with van der Waals surface area (Å²) >= 11 is 11.7. The van der Waals surface area contributed by atoms with Crippen LogP contribution in [0.1, 0.15) is 28.8 Å². The Morgan fingerprint density at radius 1 is 0.846 bits per heavy atom. The van der Waals surface area contributed by atoms with Crippen molar-refractivity contribution < 1.29 is 14.4 Å². The Hall–Kier alpha value is -2.57. The first-order valence-electron chi connectivity index (χ1n) is 7.80. The monoisotopic (exact) mass is 393 g/mol. The van der Waals surface area contributed by atoms with E-state index in [9.17, 15) is 14.4 Å². The van der Waals surface area contributed by atoms with Crippen molar-refractivity contribution in [1.82, 2.24) is 16.2 Å². The fraction of sp³-hybridized carbons (Fsp3) is 0.167. The highest BCUT2D eigenvalue weighted by Crippen LogP contribution is 2.20. The molecule has 2 aromatic carbocycles. The number of hydrogen-bond acceptors (Lipinski definition) is 3. The predicted molar refractivity (Wildman–Crippen MR) is 99.6 cm³/mol. The van der Waals surface area contributed by atoms with Crippen LogP contribution in [0.4, 0.5) is 0 Å². The highest BCUT2D eigenvalue weighted by Gasteiger charge is 2.12. The molecule has 0 unspecified atom stereocenters. The third-order valence-electron chi connectivity index (χ3n) is 3.40. The smallest absolute Gasteiger partial charge is 0.271 e. The molecule has 0 aliphatic rings. The molecule has 0 saturated heterocycles. The molecule has 2 rings (SSSR count). The molecule has 0 aliphatic heterocycles. The van der Waals surface area contributed by atoms with Gasteiger partial charge in [0, 0.05) is 24.4 Å². The molecule has 0 fully saturated rings. The van der Waals surface area contributed by atoms with Crippen LogP contribution in [0.3, 0.4) is 0 Å². The zero-order valence-electron chi connectivity index (χ0n) is 13.7. The molecule has 6 nitrogen and oxygen atoms in total. The molecule has 3 N–H and O–H groups in total. The van der Waals surface area contributed by atoms with Gasteiger partial charge >= 0.3 is 0 Å². The third kappa shape index (κ3) is 6.38. The van der Waals surface area contributed by atoms with Gasteiger partial charge in [0.1, 0.15) is 0 Å². The number of carbonyl (C=O) groups is 3. The molecule has 3 amide bonds. The van der Waals surface area contributed by atoms with Gasteiger partial charge in [0.2, 0.25) is 11.8 Å². The number of nitrogens with one attached hydrogen (secondary N) is 3. The molecule has 136 valence electrons. The molecule has 2 aromatic rings. The second-order valence-corrected chi connectivity index (χ2v) is 6.23. The Balaban J connectivity index is 1.69. The van der Waals surface area contributed by atoms with Crippen molar-refractivity contribution in [2.24, 2.45) is 0 Å².